The van der Waals surface area contributed by atoms with Crippen LogP contribution in [0.25, 0.3) is 10.9 Å². The van der Waals surface area contributed by atoms with Crippen molar-refractivity contribution in [3.63, 3.8) is 0 Å². The normalized spacial score (nSPS) is 16.4. The summed E-state index contributed by atoms with van der Waals surface area (Å²) in [5.41, 5.74) is 3.35. The molecule has 1 aromatic heterocycles. The average molecular weight is 322 g/mol. The Bertz CT molecular complexity index is 663. The molecule has 1 fully saturated rings. The van der Waals surface area contributed by atoms with Crippen LogP contribution in [-0.4, -0.2) is 29.5 Å². The van der Waals surface area contributed by atoms with Crippen LogP contribution in [0.3, 0.4) is 0 Å². The van der Waals surface area contributed by atoms with Gasteiger partial charge in [0, 0.05) is 37.7 Å². The van der Waals surface area contributed by atoms with Crippen molar-refractivity contribution in [1.82, 2.24) is 15.1 Å². The van der Waals surface area contributed by atoms with E-state index in [2.05, 4.69) is 34.2 Å². The molecule has 2 aromatic rings. The number of hydrogen-bond acceptors (Lipinski definition) is 3. The SMILES string of the molecule is COCCCn1nc(C)c2c(Cl)cc(C(C)NC3CC3)cc21. The van der Waals surface area contributed by atoms with Gasteiger partial charge in [-0.1, -0.05) is 11.6 Å². The van der Waals surface area contributed by atoms with Gasteiger partial charge in [0.25, 0.3) is 0 Å². The van der Waals surface area contributed by atoms with Crippen LogP contribution in [-0.2, 0) is 11.3 Å². The van der Waals surface area contributed by atoms with E-state index >= 15 is 0 Å². The number of nitrogens with zero attached hydrogens (tertiary/aromatic N) is 2. The molecular formula is C17H24ClN3O. The lowest BCUT2D eigenvalue weighted by molar-refractivity contribution is 0.189. The van der Waals surface area contributed by atoms with Crippen molar-refractivity contribution < 1.29 is 4.74 Å². The molecule has 0 spiro atoms. The molecule has 0 bridgehead atoms. The van der Waals surface area contributed by atoms with E-state index in [1.807, 2.05) is 6.92 Å². The van der Waals surface area contributed by atoms with Gasteiger partial charge < -0.3 is 10.1 Å². The summed E-state index contributed by atoms with van der Waals surface area (Å²) < 4.78 is 7.20. The van der Waals surface area contributed by atoms with E-state index < -0.39 is 0 Å². The van der Waals surface area contributed by atoms with Gasteiger partial charge in [-0.3, -0.25) is 4.68 Å². The Kier molecular flexibility index (Phi) is 4.71. The third-order valence-corrected chi connectivity index (χ3v) is 4.58. The third kappa shape index (κ3) is 3.29. The third-order valence-electron chi connectivity index (χ3n) is 4.28. The van der Waals surface area contributed by atoms with Crippen LogP contribution in [0.15, 0.2) is 12.1 Å². The van der Waals surface area contributed by atoms with Crippen molar-refractivity contribution in [3.8, 4) is 0 Å². The molecule has 1 heterocycles. The van der Waals surface area contributed by atoms with Crippen LogP contribution in [0.5, 0.6) is 0 Å². The van der Waals surface area contributed by atoms with Gasteiger partial charge in [0.05, 0.1) is 16.2 Å². The second-order valence-electron chi connectivity index (χ2n) is 6.21. The fraction of sp³-hybridized carbons (Fsp3) is 0.588. The van der Waals surface area contributed by atoms with Crippen molar-refractivity contribution in [2.24, 2.45) is 0 Å². The van der Waals surface area contributed by atoms with Crippen molar-refractivity contribution in [3.05, 3.63) is 28.4 Å². The minimum absolute atomic E-state index is 0.317. The standard InChI is InChI=1S/C17H24ClN3O/c1-11(19-14-5-6-14)13-9-15(18)17-12(2)20-21(16(17)10-13)7-4-8-22-3/h9-11,14,19H,4-8H2,1-3H3. The van der Waals surface area contributed by atoms with Gasteiger partial charge in [0.2, 0.25) is 0 Å². The Morgan fingerprint density at radius 1 is 1.45 bits per heavy atom. The first-order valence-electron chi connectivity index (χ1n) is 8.01. The van der Waals surface area contributed by atoms with Crippen molar-refractivity contribution in [2.75, 3.05) is 13.7 Å². The highest BCUT2D eigenvalue weighted by atomic mass is 35.5. The highest BCUT2D eigenvalue weighted by Crippen LogP contribution is 2.32. The number of aromatic nitrogens is 2. The molecule has 1 N–H and O–H groups in total. The maximum atomic E-state index is 6.53. The molecule has 1 aromatic carbocycles. The van der Waals surface area contributed by atoms with Gasteiger partial charge in [-0.15, -0.1) is 0 Å². The second kappa shape index (κ2) is 6.57. The molecule has 1 aliphatic carbocycles. The molecular weight excluding hydrogens is 298 g/mol. The fourth-order valence-electron chi connectivity index (χ4n) is 2.94. The summed E-state index contributed by atoms with van der Waals surface area (Å²) in [6.07, 6.45) is 3.52. The number of aryl methyl sites for hydroxylation is 2. The number of methoxy groups -OCH3 is 1. The number of benzene rings is 1. The molecule has 1 unspecified atom stereocenters. The quantitative estimate of drug-likeness (QED) is 0.787. The molecule has 5 heteroatoms. The maximum Gasteiger partial charge on any atom is 0.0703 e. The van der Waals surface area contributed by atoms with Gasteiger partial charge in [0.15, 0.2) is 0 Å². The van der Waals surface area contributed by atoms with Gasteiger partial charge in [-0.25, -0.2) is 0 Å². The molecule has 1 saturated carbocycles. The molecule has 1 atom stereocenters. The minimum Gasteiger partial charge on any atom is -0.385 e. The highest BCUT2D eigenvalue weighted by Gasteiger charge is 2.24. The number of halogens is 1. The Hall–Kier alpha value is -1.10. The lowest BCUT2D eigenvalue weighted by atomic mass is 10.1. The van der Waals surface area contributed by atoms with E-state index in [4.69, 9.17) is 16.3 Å². The Morgan fingerprint density at radius 2 is 2.23 bits per heavy atom. The molecule has 0 radical (unpaired) electrons. The molecule has 0 saturated heterocycles. The molecule has 0 amide bonds. The fourth-order valence-corrected chi connectivity index (χ4v) is 3.30. The molecule has 1 aliphatic rings. The number of rotatable bonds is 7. The van der Waals surface area contributed by atoms with Crippen LogP contribution >= 0.6 is 11.6 Å². The van der Waals surface area contributed by atoms with E-state index in [-0.39, 0.29) is 0 Å². The Labute approximate surface area is 136 Å². The van der Waals surface area contributed by atoms with E-state index in [0.717, 1.165) is 41.2 Å². The average Bonchev–Trinajstić information content (AvgIpc) is 3.23. The number of hydrogen-bond donors (Lipinski definition) is 1. The van der Waals surface area contributed by atoms with E-state index in [1.54, 1.807) is 7.11 Å². The molecule has 4 nitrogen and oxygen atoms in total. The van der Waals surface area contributed by atoms with Crippen molar-refractivity contribution in [1.29, 1.82) is 0 Å². The summed E-state index contributed by atoms with van der Waals surface area (Å²) in [7, 11) is 1.73. The largest absolute Gasteiger partial charge is 0.385 e. The summed E-state index contributed by atoms with van der Waals surface area (Å²) in [4.78, 5) is 0. The number of nitrogens with one attached hydrogen (secondary N) is 1. The molecule has 120 valence electrons. The lowest BCUT2D eigenvalue weighted by Gasteiger charge is -2.15. The predicted molar refractivity (Wildman–Crippen MR) is 90.5 cm³/mol. The van der Waals surface area contributed by atoms with Gasteiger partial charge in [0.1, 0.15) is 0 Å². The maximum absolute atomic E-state index is 6.53. The van der Waals surface area contributed by atoms with Crippen molar-refractivity contribution >= 4 is 22.5 Å². The van der Waals surface area contributed by atoms with Crippen molar-refractivity contribution in [2.45, 2.75) is 51.7 Å². The summed E-state index contributed by atoms with van der Waals surface area (Å²) in [5, 5.41) is 10.2. The topological polar surface area (TPSA) is 39.1 Å². The lowest BCUT2D eigenvalue weighted by Crippen LogP contribution is -2.20. The molecule has 22 heavy (non-hydrogen) atoms. The predicted octanol–water partition coefficient (Wildman–Crippen LogP) is 3.85. The van der Waals surface area contributed by atoms with E-state index in [9.17, 15) is 0 Å². The zero-order valence-corrected chi connectivity index (χ0v) is 14.3. The summed E-state index contributed by atoms with van der Waals surface area (Å²) >= 11 is 6.53. The van der Waals surface area contributed by atoms with Gasteiger partial charge >= 0.3 is 0 Å². The van der Waals surface area contributed by atoms with Crippen LogP contribution in [0.1, 0.15) is 43.5 Å². The van der Waals surface area contributed by atoms with E-state index in [1.165, 1.54) is 18.4 Å². The first kappa shape index (κ1) is 15.8. The smallest absolute Gasteiger partial charge is 0.0703 e. The molecule has 0 aliphatic heterocycles. The number of ether oxygens (including phenoxy) is 1. The summed E-state index contributed by atoms with van der Waals surface area (Å²) in [6, 6.07) is 5.31. The van der Waals surface area contributed by atoms with Gasteiger partial charge in [-0.2, -0.15) is 5.10 Å². The van der Waals surface area contributed by atoms with E-state index in [0.29, 0.717) is 12.1 Å². The second-order valence-corrected chi connectivity index (χ2v) is 6.62. The zero-order valence-electron chi connectivity index (χ0n) is 13.5. The van der Waals surface area contributed by atoms with Crippen LogP contribution in [0.4, 0.5) is 0 Å². The molecule has 3 rings (SSSR count). The highest BCUT2D eigenvalue weighted by molar-refractivity contribution is 6.35. The van der Waals surface area contributed by atoms with Crippen LogP contribution < -0.4 is 5.32 Å². The monoisotopic (exact) mass is 321 g/mol. The first-order valence-corrected chi connectivity index (χ1v) is 8.39. The Morgan fingerprint density at radius 3 is 2.91 bits per heavy atom. The summed E-state index contributed by atoms with van der Waals surface area (Å²) in [5.74, 6) is 0. The first-order chi connectivity index (χ1) is 10.6. The van der Waals surface area contributed by atoms with Gasteiger partial charge in [-0.05, 0) is 50.8 Å². The van der Waals surface area contributed by atoms with Crippen LogP contribution in [0.2, 0.25) is 5.02 Å². The van der Waals surface area contributed by atoms with Crippen LogP contribution in [0, 0.1) is 6.92 Å². The zero-order chi connectivity index (χ0) is 15.7. The summed E-state index contributed by atoms with van der Waals surface area (Å²) in [6.45, 7) is 5.82. The number of fused-ring (bicyclic) bond motifs is 1. The minimum atomic E-state index is 0.317. The Balaban J connectivity index is 1.92.